The van der Waals surface area contributed by atoms with Crippen LogP contribution in [0.1, 0.15) is 23.0 Å². The van der Waals surface area contributed by atoms with E-state index in [9.17, 15) is 9.90 Å². The van der Waals surface area contributed by atoms with Gasteiger partial charge in [0.1, 0.15) is 0 Å². The van der Waals surface area contributed by atoms with Gasteiger partial charge in [-0.2, -0.15) is 5.10 Å². The first-order valence-electron chi connectivity index (χ1n) is 5.58. The third-order valence-corrected chi connectivity index (χ3v) is 3.24. The fourth-order valence-electron chi connectivity index (χ4n) is 1.95. The Bertz CT molecular complexity index is 605. The standard InChI is InChI=1S/C13H13BrN2O2/c1-3-12-11(7-16(2)15-12)9-5-4-8(14)6-10(9)13(17)18/h4-7H,3H2,1-2H3,(H,17,18). The molecular formula is C13H13BrN2O2. The lowest BCUT2D eigenvalue weighted by Gasteiger charge is -2.06. The van der Waals surface area contributed by atoms with E-state index < -0.39 is 5.97 Å². The van der Waals surface area contributed by atoms with E-state index in [0.29, 0.717) is 5.56 Å². The summed E-state index contributed by atoms with van der Waals surface area (Å²) < 4.78 is 2.47. The number of aryl methyl sites for hydroxylation is 2. The molecular weight excluding hydrogens is 296 g/mol. The summed E-state index contributed by atoms with van der Waals surface area (Å²) in [4.78, 5) is 11.3. The molecule has 5 heteroatoms. The molecule has 0 aliphatic rings. The summed E-state index contributed by atoms with van der Waals surface area (Å²) in [6, 6.07) is 5.27. The van der Waals surface area contributed by atoms with Crippen molar-refractivity contribution in [3.05, 3.63) is 40.1 Å². The molecule has 0 spiro atoms. The minimum Gasteiger partial charge on any atom is -0.478 e. The summed E-state index contributed by atoms with van der Waals surface area (Å²) in [5, 5.41) is 13.6. The SMILES string of the molecule is CCc1nn(C)cc1-c1ccc(Br)cc1C(=O)O. The lowest BCUT2D eigenvalue weighted by Crippen LogP contribution is -2.00. The molecule has 18 heavy (non-hydrogen) atoms. The molecule has 0 unspecified atom stereocenters. The number of benzene rings is 1. The number of aromatic carboxylic acids is 1. The molecule has 0 aliphatic heterocycles. The van der Waals surface area contributed by atoms with Gasteiger partial charge in [0, 0.05) is 23.3 Å². The summed E-state index contributed by atoms with van der Waals surface area (Å²) in [6.45, 7) is 2.01. The molecule has 4 nitrogen and oxygen atoms in total. The van der Waals surface area contributed by atoms with Gasteiger partial charge < -0.3 is 5.11 Å². The highest BCUT2D eigenvalue weighted by molar-refractivity contribution is 9.10. The molecule has 0 saturated carbocycles. The summed E-state index contributed by atoms with van der Waals surface area (Å²) in [5.41, 5.74) is 2.77. The maximum atomic E-state index is 11.3. The summed E-state index contributed by atoms with van der Waals surface area (Å²) >= 11 is 3.29. The van der Waals surface area contributed by atoms with Gasteiger partial charge in [-0.15, -0.1) is 0 Å². The van der Waals surface area contributed by atoms with Gasteiger partial charge in [0.25, 0.3) is 0 Å². The van der Waals surface area contributed by atoms with Gasteiger partial charge in [-0.25, -0.2) is 4.79 Å². The van der Waals surface area contributed by atoms with E-state index >= 15 is 0 Å². The molecule has 1 heterocycles. The van der Waals surface area contributed by atoms with E-state index in [-0.39, 0.29) is 5.56 Å². The molecule has 0 atom stereocenters. The highest BCUT2D eigenvalue weighted by Crippen LogP contribution is 2.29. The second-order valence-electron chi connectivity index (χ2n) is 4.01. The van der Waals surface area contributed by atoms with Crippen LogP contribution in [-0.2, 0) is 13.5 Å². The molecule has 0 radical (unpaired) electrons. The monoisotopic (exact) mass is 308 g/mol. The zero-order valence-corrected chi connectivity index (χ0v) is 11.7. The number of nitrogens with zero attached hydrogens (tertiary/aromatic N) is 2. The maximum Gasteiger partial charge on any atom is 0.336 e. The first-order valence-corrected chi connectivity index (χ1v) is 6.38. The van der Waals surface area contributed by atoms with Gasteiger partial charge in [-0.1, -0.05) is 28.9 Å². The molecule has 94 valence electrons. The number of carbonyl (C=O) groups is 1. The van der Waals surface area contributed by atoms with Crippen molar-refractivity contribution in [1.82, 2.24) is 9.78 Å². The highest BCUT2D eigenvalue weighted by Gasteiger charge is 2.16. The van der Waals surface area contributed by atoms with E-state index in [2.05, 4.69) is 21.0 Å². The van der Waals surface area contributed by atoms with Crippen LogP contribution in [0.2, 0.25) is 0 Å². The summed E-state index contributed by atoms with van der Waals surface area (Å²) in [6.07, 6.45) is 2.62. The van der Waals surface area contributed by atoms with Crippen LogP contribution in [0, 0.1) is 0 Å². The number of halogens is 1. The van der Waals surface area contributed by atoms with E-state index in [0.717, 1.165) is 22.2 Å². The van der Waals surface area contributed by atoms with Gasteiger partial charge in [0.05, 0.1) is 11.3 Å². The normalized spacial score (nSPS) is 10.6. The molecule has 0 fully saturated rings. The molecule has 1 aromatic carbocycles. The zero-order chi connectivity index (χ0) is 13.3. The lowest BCUT2D eigenvalue weighted by molar-refractivity contribution is 0.0697. The number of carboxylic acid groups (broad SMARTS) is 1. The molecule has 2 rings (SSSR count). The second-order valence-corrected chi connectivity index (χ2v) is 4.93. The Morgan fingerprint density at radius 1 is 1.44 bits per heavy atom. The Morgan fingerprint density at radius 3 is 2.78 bits per heavy atom. The van der Waals surface area contributed by atoms with Crippen LogP contribution in [0.25, 0.3) is 11.1 Å². The predicted octanol–water partition coefficient (Wildman–Crippen LogP) is 3.11. The molecule has 1 N–H and O–H groups in total. The van der Waals surface area contributed by atoms with Crippen LogP contribution in [-0.4, -0.2) is 20.9 Å². The predicted molar refractivity (Wildman–Crippen MR) is 72.7 cm³/mol. The van der Waals surface area contributed by atoms with Crippen LogP contribution in [0.15, 0.2) is 28.9 Å². The second kappa shape index (κ2) is 4.94. The van der Waals surface area contributed by atoms with Crippen molar-refractivity contribution < 1.29 is 9.90 Å². The summed E-state index contributed by atoms with van der Waals surface area (Å²) in [7, 11) is 1.84. The largest absolute Gasteiger partial charge is 0.478 e. The van der Waals surface area contributed by atoms with Gasteiger partial charge >= 0.3 is 5.97 Å². The van der Waals surface area contributed by atoms with Crippen LogP contribution >= 0.6 is 15.9 Å². The van der Waals surface area contributed by atoms with Gasteiger partial charge in [0.2, 0.25) is 0 Å². The van der Waals surface area contributed by atoms with Crippen LogP contribution < -0.4 is 0 Å². The fraction of sp³-hybridized carbons (Fsp3) is 0.231. The van der Waals surface area contributed by atoms with Crippen molar-refractivity contribution >= 4 is 21.9 Å². The quantitative estimate of drug-likeness (QED) is 0.948. The maximum absolute atomic E-state index is 11.3. The Labute approximate surface area is 113 Å². The average molecular weight is 309 g/mol. The van der Waals surface area contributed by atoms with Crippen molar-refractivity contribution in [2.45, 2.75) is 13.3 Å². The van der Waals surface area contributed by atoms with Crippen molar-refractivity contribution in [1.29, 1.82) is 0 Å². The van der Waals surface area contributed by atoms with E-state index in [1.54, 1.807) is 10.7 Å². The third-order valence-electron chi connectivity index (χ3n) is 2.74. The third kappa shape index (κ3) is 2.31. The van der Waals surface area contributed by atoms with Crippen LogP contribution in [0.5, 0.6) is 0 Å². The van der Waals surface area contributed by atoms with Crippen molar-refractivity contribution in [2.75, 3.05) is 0 Å². The molecule has 2 aromatic rings. The van der Waals surface area contributed by atoms with Gasteiger partial charge in [-0.05, 0) is 24.1 Å². The number of hydrogen-bond acceptors (Lipinski definition) is 2. The van der Waals surface area contributed by atoms with Crippen LogP contribution in [0.3, 0.4) is 0 Å². The lowest BCUT2D eigenvalue weighted by atomic mass is 9.99. The average Bonchev–Trinajstić information content (AvgIpc) is 2.70. The minimum atomic E-state index is -0.933. The zero-order valence-electron chi connectivity index (χ0n) is 10.1. The van der Waals surface area contributed by atoms with Crippen LogP contribution in [0.4, 0.5) is 0 Å². The Balaban J connectivity index is 2.66. The molecule has 0 amide bonds. The first-order chi connectivity index (χ1) is 8.52. The minimum absolute atomic E-state index is 0.284. The van der Waals surface area contributed by atoms with Crippen molar-refractivity contribution in [3.63, 3.8) is 0 Å². The Morgan fingerprint density at radius 2 is 2.17 bits per heavy atom. The van der Waals surface area contributed by atoms with E-state index in [1.807, 2.05) is 32.3 Å². The number of aromatic nitrogens is 2. The molecule has 0 saturated heterocycles. The number of hydrogen-bond donors (Lipinski definition) is 1. The van der Waals surface area contributed by atoms with E-state index in [1.165, 1.54) is 0 Å². The van der Waals surface area contributed by atoms with Gasteiger partial charge in [0.15, 0.2) is 0 Å². The smallest absolute Gasteiger partial charge is 0.336 e. The fourth-order valence-corrected chi connectivity index (χ4v) is 2.31. The van der Waals surface area contributed by atoms with Crippen molar-refractivity contribution in [3.8, 4) is 11.1 Å². The number of rotatable bonds is 3. The topological polar surface area (TPSA) is 55.1 Å². The first kappa shape index (κ1) is 12.8. The Hall–Kier alpha value is -1.62. The van der Waals surface area contributed by atoms with Gasteiger partial charge in [-0.3, -0.25) is 4.68 Å². The van der Waals surface area contributed by atoms with E-state index in [4.69, 9.17) is 0 Å². The molecule has 1 aromatic heterocycles. The molecule has 0 bridgehead atoms. The highest BCUT2D eigenvalue weighted by atomic mass is 79.9. The Kier molecular flexibility index (Phi) is 3.52. The number of carboxylic acids is 1. The molecule has 0 aliphatic carbocycles. The van der Waals surface area contributed by atoms with Crippen molar-refractivity contribution in [2.24, 2.45) is 7.05 Å². The summed E-state index contributed by atoms with van der Waals surface area (Å²) in [5.74, 6) is -0.933.